The van der Waals surface area contributed by atoms with Crippen molar-refractivity contribution < 1.29 is 9.47 Å². The van der Waals surface area contributed by atoms with Crippen molar-refractivity contribution in [3.05, 3.63) is 3.92 Å². The zero-order chi connectivity index (χ0) is 17.9. The number of hydrogen-bond donors (Lipinski definition) is 3. The average Bonchev–Trinajstić information content (AvgIpc) is 3.26. The Morgan fingerprint density at radius 1 is 0.880 bits per heavy atom. The van der Waals surface area contributed by atoms with Crippen LogP contribution < -0.4 is 21.7 Å². The number of aromatic nitrogens is 4. The van der Waals surface area contributed by atoms with Crippen molar-refractivity contribution in [3.8, 4) is 0 Å². The number of nitrogen functional groups attached to an aromatic ring is 2. The van der Waals surface area contributed by atoms with Crippen molar-refractivity contribution in [3.63, 3.8) is 0 Å². The van der Waals surface area contributed by atoms with Crippen LogP contribution in [-0.4, -0.2) is 73.0 Å². The smallest absolute Gasteiger partial charge is 0.210 e. The minimum atomic E-state index is 0.492. The summed E-state index contributed by atoms with van der Waals surface area (Å²) in [5, 5.41) is 19.9. The Morgan fingerprint density at radius 2 is 1.48 bits per heavy atom. The molecule has 0 amide bonds. The van der Waals surface area contributed by atoms with Gasteiger partial charge < -0.3 is 31.2 Å². The van der Waals surface area contributed by atoms with E-state index in [0.29, 0.717) is 10.3 Å². The van der Waals surface area contributed by atoms with Crippen molar-refractivity contribution in [2.45, 2.75) is 0 Å². The first-order chi connectivity index (χ1) is 12.1. The van der Waals surface area contributed by atoms with E-state index in [0.717, 1.165) is 61.7 Å². The standard InChI is InChI=1S/C6H10N4OS.C4H9NO.C2H2BrN3S/c7-5-8-9-6(12-5)10-1-3-11-4-2-10;1-3-6-4-2-5-1;3-1-5-6-2(4)7-1/h1-4H2,(H2,7,8);5H,1-4H2;(H2,4,6). The third kappa shape index (κ3) is 8.20. The van der Waals surface area contributed by atoms with E-state index >= 15 is 0 Å². The number of nitrogens with zero attached hydrogens (tertiary/aromatic N) is 5. The van der Waals surface area contributed by atoms with E-state index in [1.54, 1.807) is 0 Å². The molecule has 10 nitrogen and oxygen atoms in total. The molecule has 25 heavy (non-hydrogen) atoms. The van der Waals surface area contributed by atoms with Crippen molar-refractivity contribution in [2.24, 2.45) is 0 Å². The molecule has 4 heterocycles. The highest BCUT2D eigenvalue weighted by Gasteiger charge is 2.14. The monoisotopic (exact) mass is 452 g/mol. The second kappa shape index (κ2) is 11.5. The van der Waals surface area contributed by atoms with E-state index in [1.165, 1.54) is 22.7 Å². The van der Waals surface area contributed by atoms with E-state index < -0.39 is 0 Å². The summed E-state index contributed by atoms with van der Waals surface area (Å²) in [5.41, 5.74) is 10.7. The topological polar surface area (TPSA) is 137 Å². The summed E-state index contributed by atoms with van der Waals surface area (Å²) < 4.78 is 10.9. The van der Waals surface area contributed by atoms with Gasteiger partial charge in [0, 0.05) is 26.2 Å². The summed E-state index contributed by atoms with van der Waals surface area (Å²) in [5.74, 6) is 0. The number of ether oxygens (including phenoxy) is 2. The van der Waals surface area contributed by atoms with E-state index in [9.17, 15) is 0 Å². The van der Waals surface area contributed by atoms with Crippen LogP contribution in [0.2, 0.25) is 0 Å². The van der Waals surface area contributed by atoms with Gasteiger partial charge >= 0.3 is 0 Å². The normalized spacial score (nSPS) is 17.1. The van der Waals surface area contributed by atoms with Gasteiger partial charge in [-0.15, -0.1) is 20.4 Å². The molecule has 2 fully saturated rings. The first kappa shape index (κ1) is 20.2. The van der Waals surface area contributed by atoms with Gasteiger partial charge in [-0.1, -0.05) is 22.7 Å². The van der Waals surface area contributed by atoms with Crippen LogP contribution in [0.5, 0.6) is 0 Å². The van der Waals surface area contributed by atoms with Gasteiger partial charge in [0.2, 0.25) is 15.4 Å². The zero-order valence-electron chi connectivity index (χ0n) is 13.6. The molecule has 2 saturated heterocycles. The fraction of sp³-hybridized carbons (Fsp3) is 0.667. The Balaban J connectivity index is 0.000000148. The number of nitrogens with two attached hydrogens (primary N) is 2. The Labute approximate surface area is 162 Å². The van der Waals surface area contributed by atoms with Crippen LogP contribution >= 0.6 is 38.6 Å². The molecule has 2 aliphatic rings. The molecule has 2 aromatic rings. The highest BCUT2D eigenvalue weighted by atomic mass is 79.9. The van der Waals surface area contributed by atoms with Gasteiger partial charge in [-0.05, 0) is 15.9 Å². The molecule has 13 heteroatoms. The van der Waals surface area contributed by atoms with Crippen LogP contribution in [0, 0.1) is 0 Å². The number of morpholine rings is 2. The van der Waals surface area contributed by atoms with Crippen molar-refractivity contribution in [2.75, 3.05) is 69.0 Å². The number of anilines is 3. The molecule has 140 valence electrons. The van der Waals surface area contributed by atoms with Crippen LogP contribution in [0.3, 0.4) is 0 Å². The molecule has 0 saturated carbocycles. The third-order valence-electron chi connectivity index (χ3n) is 2.97. The lowest BCUT2D eigenvalue weighted by atomic mass is 10.5. The molecule has 0 unspecified atom stereocenters. The Bertz CT molecular complexity index is 575. The van der Waals surface area contributed by atoms with Gasteiger partial charge in [-0.25, -0.2) is 0 Å². The average molecular weight is 453 g/mol. The maximum absolute atomic E-state index is 5.47. The summed E-state index contributed by atoms with van der Waals surface area (Å²) in [6.07, 6.45) is 0. The molecule has 0 aromatic carbocycles. The molecular formula is C12H21BrN8O2S2. The zero-order valence-corrected chi connectivity index (χ0v) is 16.8. The summed E-state index contributed by atoms with van der Waals surface area (Å²) in [4.78, 5) is 2.14. The molecule has 4 rings (SSSR count). The lowest BCUT2D eigenvalue weighted by Gasteiger charge is -2.25. The summed E-state index contributed by atoms with van der Waals surface area (Å²) >= 11 is 5.83. The largest absolute Gasteiger partial charge is 0.379 e. The van der Waals surface area contributed by atoms with E-state index in [4.69, 9.17) is 20.9 Å². The van der Waals surface area contributed by atoms with E-state index in [2.05, 4.69) is 46.5 Å². The first-order valence-electron chi connectivity index (χ1n) is 7.60. The highest BCUT2D eigenvalue weighted by Crippen LogP contribution is 2.21. The Kier molecular flexibility index (Phi) is 9.28. The molecule has 2 aliphatic heterocycles. The SMILES string of the molecule is C1COCCN1.Nc1nnc(Br)s1.Nc1nnc(N2CCOCC2)s1. The van der Waals surface area contributed by atoms with Gasteiger partial charge in [0.05, 0.1) is 26.4 Å². The van der Waals surface area contributed by atoms with Crippen LogP contribution in [-0.2, 0) is 9.47 Å². The summed E-state index contributed by atoms with van der Waals surface area (Å²) in [6, 6.07) is 0. The van der Waals surface area contributed by atoms with Crippen molar-refractivity contribution in [1.29, 1.82) is 0 Å². The van der Waals surface area contributed by atoms with Gasteiger partial charge in [0.25, 0.3) is 0 Å². The second-order valence-corrected chi connectivity index (χ2v) is 8.05. The van der Waals surface area contributed by atoms with Crippen molar-refractivity contribution in [1.82, 2.24) is 25.7 Å². The molecule has 0 aliphatic carbocycles. The van der Waals surface area contributed by atoms with Gasteiger partial charge in [0.15, 0.2) is 3.92 Å². The Morgan fingerprint density at radius 3 is 1.84 bits per heavy atom. The van der Waals surface area contributed by atoms with Gasteiger partial charge in [0.1, 0.15) is 0 Å². The molecule has 0 radical (unpaired) electrons. The molecular weight excluding hydrogens is 432 g/mol. The van der Waals surface area contributed by atoms with Gasteiger partial charge in [-0.3, -0.25) is 0 Å². The van der Waals surface area contributed by atoms with E-state index in [1.807, 2.05) is 0 Å². The number of halogens is 1. The molecule has 0 atom stereocenters. The highest BCUT2D eigenvalue weighted by molar-refractivity contribution is 9.11. The van der Waals surface area contributed by atoms with E-state index in [-0.39, 0.29) is 0 Å². The molecule has 2 aromatic heterocycles. The van der Waals surface area contributed by atoms with Gasteiger partial charge in [-0.2, -0.15) is 0 Å². The van der Waals surface area contributed by atoms with Crippen LogP contribution in [0.25, 0.3) is 0 Å². The maximum Gasteiger partial charge on any atom is 0.210 e. The quantitative estimate of drug-likeness (QED) is 0.558. The minimum absolute atomic E-state index is 0.492. The third-order valence-corrected chi connectivity index (χ3v) is 4.97. The second-order valence-electron chi connectivity index (χ2n) is 4.78. The summed E-state index contributed by atoms with van der Waals surface area (Å²) in [6.45, 7) is 7.13. The summed E-state index contributed by atoms with van der Waals surface area (Å²) in [7, 11) is 0. The fourth-order valence-corrected chi connectivity index (χ4v) is 3.42. The Hall–Kier alpha value is -1.12. The minimum Gasteiger partial charge on any atom is -0.379 e. The molecule has 0 bridgehead atoms. The maximum atomic E-state index is 5.47. The molecule has 0 spiro atoms. The molecule has 5 N–H and O–H groups in total. The van der Waals surface area contributed by atoms with Crippen LogP contribution in [0.1, 0.15) is 0 Å². The van der Waals surface area contributed by atoms with Crippen molar-refractivity contribution >= 4 is 54.0 Å². The lowest BCUT2D eigenvalue weighted by Crippen LogP contribution is -2.36. The fourth-order valence-electron chi connectivity index (χ4n) is 1.84. The predicted molar refractivity (Wildman–Crippen MR) is 103 cm³/mol. The first-order valence-corrected chi connectivity index (χ1v) is 10.0. The number of rotatable bonds is 1. The predicted octanol–water partition coefficient (Wildman–Crippen LogP) is 0.446. The van der Waals surface area contributed by atoms with Crippen LogP contribution in [0.15, 0.2) is 3.92 Å². The number of nitrogens with one attached hydrogen (secondary N) is 1. The van der Waals surface area contributed by atoms with Crippen LogP contribution in [0.4, 0.5) is 15.4 Å². The number of hydrogen-bond acceptors (Lipinski definition) is 12. The lowest BCUT2D eigenvalue weighted by molar-refractivity contribution is 0.109.